The van der Waals surface area contributed by atoms with Gasteiger partial charge < -0.3 is 23.8 Å². The number of hydrogen-bond donors (Lipinski definition) is 0. The summed E-state index contributed by atoms with van der Waals surface area (Å²) >= 11 is 0. The van der Waals surface area contributed by atoms with Crippen LogP contribution < -0.4 is 0 Å². The SMILES string of the molecule is CN(Cc1cnc2n1CCOC21CCN(C(=O)C2CCOC2)CC1)CC1CC1. The Kier molecular flexibility index (Phi) is 4.93. The molecule has 1 aliphatic carbocycles. The Morgan fingerprint density at radius 1 is 1.25 bits per heavy atom. The first-order chi connectivity index (χ1) is 13.6. The van der Waals surface area contributed by atoms with Gasteiger partial charge in [0.1, 0.15) is 11.4 Å². The van der Waals surface area contributed by atoms with E-state index in [1.807, 2.05) is 11.1 Å². The van der Waals surface area contributed by atoms with E-state index in [2.05, 4.69) is 16.5 Å². The molecule has 0 aromatic carbocycles. The Morgan fingerprint density at radius 3 is 2.79 bits per heavy atom. The van der Waals surface area contributed by atoms with Gasteiger partial charge >= 0.3 is 0 Å². The van der Waals surface area contributed by atoms with Crippen molar-refractivity contribution in [3.05, 3.63) is 17.7 Å². The van der Waals surface area contributed by atoms with Gasteiger partial charge in [0, 0.05) is 58.4 Å². The normalized spacial score (nSPS) is 26.8. The third kappa shape index (κ3) is 3.48. The molecule has 3 aliphatic heterocycles. The molecule has 1 unspecified atom stereocenters. The number of carbonyl (C=O) groups is 1. The summed E-state index contributed by atoms with van der Waals surface area (Å²) < 4.78 is 14.1. The van der Waals surface area contributed by atoms with E-state index in [4.69, 9.17) is 14.5 Å². The molecular formula is C21H32N4O3. The molecular weight excluding hydrogens is 356 g/mol. The lowest BCUT2D eigenvalue weighted by Gasteiger charge is -2.44. The predicted octanol–water partition coefficient (Wildman–Crippen LogP) is 1.61. The van der Waals surface area contributed by atoms with Gasteiger partial charge in [-0.25, -0.2) is 4.98 Å². The molecule has 5 rings (SSSR count). The molecule has 4 heterocycles. The largest absolute Gasteiger partial charge is 0.381 e. The monoisotopic (exact) mass is 388 g/mol. The zero-order valence-electron chi connectivity index (χ0n) is 16.9. The second-order valence-corrected chi connectivity index (χ2v) is 9.09. The van der Waals surface area contributed by atoms with Crippen LogP contribution in [0, 0.1) is 11.8 Å². The minimum absolute atomic E-state index is 0.0527. The molecule has 2 saturated heterocycles. The Bertz CT molecular complexity index is 715. The summed E-state index contributed by atoms with van der Waals surface area (Å²) in [6.45, 7) is 6.54. The highest BCUT2D eigenvalue weighted by Gasteiger charge is 2.45. The average Bonchev–Trinajstić information content (AvgIpc) is 3.18. The average molecular weight is 389 g/mol. The molecule has 28 heavy (non-hydrogen) atoms. The topological polar surface area (TPSA) is 59.8 Å². The molecule has 1 amide bonds. The van der Waals surface area contributed by atoms with E-state index in [0.717, 1.165) is 63.8 Å². The van der Waals surface area contributed by atoms with Crippen LogP contribution >= 0.6 is 0 Å². The van der Waals surface area contributed by atoms with E-state index < -0.39 is 0 Å². The molecule has 4 aliphatic rings. The van der Waals surface area contributed by atoms with E-state index in [-0.39, 0.29) is 17.4 Å². The van der Waals surface area contributed by atoms with Gasteiger partial charge in [0.25, 0.3) is 0 Å². The molecule has 154 valence electrons. The summed E-state index contributed by atoms with van der Waals surface area (Å²) in [5.41, 5.74) is 0.969. The summed E-state index contributed by atoms with van der Waals surface area (Å²) in [5.74, 6) is 2.28. The zero-order chi connectivity index (χ0) is 19.1. The highest BCUT2D eigenvalue weighted by atomic mass is 16.5. The first-order valence-corrected chi connectivity index (χ1v) is 10.9. The van der Waals surface area contributed by atoms with Crippen molar-refractivity contribution >= 4 is 5.91 Å². The molecule has 1 atom stereocenters. The first kappa shape index (κ1) is 18.6. The number of aromatic nitrogens is 2. The summed E-state index contributed by atoms with van der Waals surface area (Å²) in [5, 5.41) is 0. The number of nitrogens with zero attached hydrogens (tertiary/aromatic N) is 4. The maximum absolute atomic E-state index is 12.7. The smallest absolute Gasteiger partial charge is 0.228 e. The van der Waals surface area contributed by atoms with E-state index in [1.165, 1.54) is 25.1 Å². The van der Waals surface area contributed by atoms with Crippen LogP contribution in [0.25, 0.3) is 0 Å². The van der Waals surface area contributed by atoms with Crippen LogP contribution in [0.5, 0.6) is 0 Å². The van der Waals surface area contributed by atoms with Crippen LogP contribution in [0.3, 0.4) is 0 Å². The van der Waals surface area contributed by atoms with E-state index in [9.17, 15) is 4.79 Å². The molecule has 7 nitrogen and oxygen atoms in total. The van der Waals surface area contributed by atoms with Crippen LogP contribution in [0.2, 0.25) is 0 Å². The molecule has 1 aromatic rings. The van der Waals surface area contributed by atoms with Gasteiger partial charge in [-0.15, -0.1) is 0 Å². The lowest BCUT2D eigenvalue weighted by Crippen LogP contribution is -2.51. The quantitative estimate of drug-likeness (QED) is 0.767. The number of amides is 1. The lowest BCUT2D eigenvalue weighted by molar-refractivity contribution is -0.147. The highest BCUT2D eigenvalue weighted by Crippen LogP contribution is 2.39. The molecule has 3 fully saturated rings. The standard InChI is InChI=1S/C21H32N4O3/c1-23(13-16-2-3-16)14-18-12-22-20-21(28-11-9-25(18)20)5-7-24(8-6-21)19(26)17-4-10-27-15-17/h12,16-17H,2-11,13-15H2,1H3. The Balaban J connectivity index is 1.26. The fourth-order valence-electron chi connectivity index (χ4n) is 5.07. The Labute approximate surface area is 167 Å². The Morgan fingerprint density at radius 2 is 2.07 bits per heavy atom. The van der Waals surface area contributed by atoms with Crippen molar-refractivity contribution in [2.75, 3.05) is 46.5 Å². The third-order valence-electron chi connectivity index (χ3n) is 6.90. The second kappa shape index (κ2) is 7.43. The van der Waals surface area contributed by atoms with Crippen LogP contribution in [0.4, 0.5) is 0 Å². The van der Waals surface area contributed by atoms with Gasteiger partial charge in [-0.2, -0.15) is 0 Å². The van der Waals surface area contributed by atoms with Gasteiger partial charge in [-0.3, -0.25) is 4.79 Å². The van der Waals surface area contributed by atoms with Crippen LogP contribution in [-0.4, -0.2) is 71.8 Å². The maximum atomic E-state index is 12.7. The van der Waals surface area contributed by atoms with Crippen molar-refractivity contribution in [1.82, 2.24) is 19.4 Å². The number of imidazole rings is 1. The molecule has 7 heteroatoms. The summed E-state index contributed by atoms with van der Waals surface area (Å²) in [4.78, 5) is 22.0. The second-order valence-electron chi connectivity index (χ2n) is 9.09. The maximum Gasteiger partial charge on any atom is 0.228 e. The predicted molar refractivity (Wildman–Crippen MR) is 104 cm³/mol. The van der Waals surface area contributed by atoms with E-state index in [0.29, 0.717) is 13.2 Å². The highest BCUT2D eigenvalue weighted by molar-refractivity contribution is 5.79. The van der Waals surface area contributed by atoms with Crippen molar-refractivity contribution in [2.45, 2.75) is 50.8 Å². The summed E-state index contributed by atoms with van der Waals surface area (Å²) in [7, 11) is 2.21. The molecule has 1 spiro atoms. The molecule has 0 N–H and O–H groups in total. The van der Waals surface area contributed by atoms with Gasteiger partial charge in [-0.1, -0.05) is 0 Å². The minimum atomic E-state index is -0.325. The Hall–Kier alpha value is -1.44. The molecule has 1 aromatic heterocycles. The fraction of sp³-hybridized carbons (Fsp3) is 0.810. The first-order valence-electron chi connectivity index (χ1n) is 10.9. The third-order valence-corrected chi connectivity index (χ3v) is 6.90. The van der Waals surface area contributed by atoms with Gasteiger partial charge in [-0.05, 0) is 32.2 Å². The van der Waals surface area contributed by atoms with Gasteiger partial charge in [0.15, 0.2) is 0 Å². The van der Waals surface area contributed by atoms with E-state index >= 15 is 0 Å². The minimum Gasteiger partial charge on any atom is -0.381 e. The van der Waals surface area contributed by atoms with Crippen molar-refractivity contribution < 1.29 is 14.3 Å². The number of ether oxygens (including phenoxy) is 2. The molecule has 1 saturated carbocycles. The van der Waals surface area contributed by atoms with Gasteiger partial charge in [0.2, 0.25) is 5.91 Å². The molecule has 0 radical (unpaired) electrons. The summed E-state index contributed by atoms with van der Waals surface area (Å²) in [6.07, 6.45) is 7.34. The van der Waals surface area contributed by atoms with Gasteiger partial charge in [0.05, 0.1) is 24.8 Å². The van der Waals surface area contributed by atoms with Crippen LogP contribution in [0.1, 0.15) is 43.6 Å². The number of fused-ring (bicyclic) bond motifs is 2. The van der Waals surface area contributed by atoms with Crippen molar-refractivity contribution in [3.8, 4) is 0 Å². The van der Waals surface area contributed by atoms with Crippen LogP contribution in [0.15, 0.2) is 6.20 Å². The number of hydrogen-bond acceptors (Lipinski definition) is 5. The number of likely N-dealkylation sites (tertiary alicyclic amines) is 1. The molecule has 0 bridgehead atoms. The van der Waals surface area contributed by atoms with Crippen molar-refractivity contribution in [3.63, 3.8) is 0 Å². The number of carbonyl (C=O) groups excluding carboxylic acids is 1. The van der Waals surface area contributed by atoms with Crippen LogP contribution in [-0.2, 0) is 33.0 Å². The van der Waals surface area contributed by atoms with E-state index in [1.54, 1.807) is 0 Å². The number of rotatable bonds is 5. The zero-order valence-corrected chi connectivity index (χ0v) is 16.9. The van der Waals surface area contributed by atoms with Crippen molar-refractivity contribution in [2.24, 2.45) is 11.8 Å². The summed E-state index contributed by atoms with van der Waals surface area (Å²) in [6, 6.07) is 0. The van der Waals surface area contributed by atoms with Crippen molar-refractivity contribution in [1.29, 1.82) is 0 Å². The number of piperidine rings is 1. The lowest BCUT2D eigenvalue weighted by atomic mass is 9.88. The fourth-order valence-corrected chi connectivity index (χ4v) is 5.07.